The third kappa shape index (κ3) is 5.42. The Morgan fingerprint density at radius 1 is 1.03 bits per heavy atom. The van der Waals surface area contributed by atoms with Crippen molar-refractivity contribution in [3.63, 3.8) is 0 Å². The molecular formula is C23H26N4O4. The Labute approximate surface area is 180 Å². The first-order valence-corrected chi connectivity index (χ1v) is 10.4. The van der Waals surface area contributed by atoms with E-state index in [0.29, 0.717) is 43.4 Å². The fourth-order valence-corrected chi connectivity index (χ4v) is 3.48. The fraction of sp³-hybridized carbons (Fsp3) is 0.304. The maximum Gasteiger partial charge on any atom is 0.272 e. The van der Waals surface area contributed by atoms with Gasteiger partial charge in [0.2, 0.25) is 5.91 Å². The van der Waals surface area contributed by atoms with Crippen LogP contribution in [0.2, 0.25) is 0 Å². The molecule has 1 aliphatic heterocycles. The van der Waals surface area contributed by atoms with Crippen LogP contribution in [0.5, 0.6) is 5.75 Å². The van der Waals surface area contributed by atoms with Crippen LogP contribution in [0.3, 0.4) is 0 Å². The van der Waals surface area contributed by atoms with Gasteiger partial charge < -0.3 is 25.1 Å². The predicted molar refractivity (Wildman–Crippen MR) is 120 cm³/mol. The van der Waals surface area contributed by atoms with Gasteiger partial charge >= 0.3 is 0 Å². The van der Waals surface area contributed by atoms with Crippen molar-refractivity contribution in [2.75, 3.05) is 50.1 Å². The van der Waals surface area contributed by atoms with Crippen molar-refractivity contribution in [3.8, 4) is 5.75 Å². The van der Waals surface area contributed by atoms with Gasteiger partial charge in [0.05, 0.1) is 26.4 Å². The maximum absolute atomic E-state index is 12.6. The quantitative estimate of drug-likeness (QED) is 0.544. The van der Waals surface area contributed by atoms with Gasteiger partial charge in [-0.2, -0.15) is 0 Å². The number of nitrogens with zero attached hydrogens (tertiary/aromatic N) is 1. The minimum atomic E-state index is -0.238. The molecule has 1 aromatic heterocycles. The highest BCUT2D eigenvalue weighted by Crippen LogP contribution is 2.22. The fourth-order valence-electron chi connectivity index (χ4n) is 3.48. The first-order chi connectivity index (χ1) is 15.1. The van der Waals surface area contributed by atoms with Crippen molar-refractivity contribution in [3.05, 3.63) is 54.2 Å². The van der Waals surface area contributed by atoms with E-state index < -0.39 is 0 Å². The number of benzene rings is 2. The molecule has 1 fully saturated rings. The molecule has 0 spiro atoms. The molecule has 4 rings (SSSR count). The third-order valence-electron chi connectivity index (χ3n) is 5.05. The Morgan fingerprint density at radius 2 is 1.74 bits per heavy atom. The van der Waals surface area contributed by atoms with Crippen molar-refractivity contribution in [2.24, 2.45) is 0 Å². The number of rotatable bonds is 7. The lowest BCUT2D eigenvalue weighted by atomic mass is 10.2. The van der Waals surface area contributed by atoms with Crippen LogP contribution in [-0.4, -0.2) is 61.2 Å². The van der Waals surface area contributed by atoms with Gasteiger partial charge in [-0.15, -0.1) is 0 Å². The summed E-state index contributed by atoms with van der Waals surface area (Å²) in [6.07, 6.45) is 0. The van der Waals surface area contributed by atoms with E-state index in [9.17, 15) is 9.59 Å². The number of fused-ring (bicyclic) bond motifs is 1. The summed E-state index contributed by atoms with van der Waals surface area (Å²) < 4.78 is 10.8. The molecule has 2 aromatic carbocycles. The normalized spacial score (nSPS) is 14.4. The van der Waals surface area contributed by atoms with E-state index in [0.717, 1.165) is 29.7 Å². The van der Waals surface area contributed by atoms with Crippen LogP contribution in [0.25, 0.3) is 10.9 Å². The van der Waals surface area contributed by atoms with Gasteiger partial charge in [0.15, 0.2) is 0 Å². The van der Waals surface area contributed by atoms with Gasteiger partial charge in [-0.3, -0.25) is 14.5 Å². The zero-order chi connectivity index (χ0) is 21.6. The lowest BCUT2D eigenvalue weighted by molar-refractivity contribution is -0.118. The molecule has 8 nitrogen and oxygen atoms in total. The van der Waals surface area contributed by atoms with Gasteiger partial charge in [0.25, 0.3) is 5.91 Å². The zero-order valence-electron chi connectivity index (χ0n) is 17.4. The molecule has 0 atom stereocenters. The van der Waals surface area contributed by atoms with Gasteiger partial charge in [-0.1, -0.05) is 0 Å². The number of amides is 2. The highest BCUT2D eigenvalue weighted by molar-refractivity contribution is 6.06. The second-order valence-corrected chi connectivity index (χ2v) is 7.33. The molecule has 0 saturated carbocycles. The topological polar surface area (TPSA) is 95.7 Å². The van der Waals surface area contributed by atoms with Crippen LogP contribution in [0, 0.1) is 0 Å². The van der Waals surface area contributed by atoms with Crippen LogP contribution < -0.4 is 15.4 Å². The highest BCUT2D eigenvalue weighted by Gasteiger charge is 2.14. The summed E-state index contributed by atoms with van der Waals surface area (Å²) in [4.78, 5) is 30.0. The minimum Gasteiger partial charge on any atom is -0.494 e. The van der Waals surface area contributed by atoms with E-state index in [4.69, 9.17) is 9.47 Å². The Bertz CT molecular complexity index is 1060. The number of carbonyl (C=O) groups is 2. The van der Waals surface area contributed by atoms with Crippen LogP contribution in [0.1, 0.15) is 17.4 Å². The van der Waals surface area contributed by atoms with E-state index >= 15 is 0 Å². The highest BCUT2D eigenvalue weighted by atomic mass is 16.5. The monoisotopic (exact) mass is 422 g/mol. The summed E-state index contributed by atoms with van der Waals surface area (Å²) in [6.45, 7) is 5.70. The smallest absolute Gasteiger partial charge is 0.272 e. The van der Waals surface area contributed by atoms with E-state index in [1.165, 1.54) is 0 Å². The van der Waals surface area contributed by atoms with Gasteiger partial charge in [0.1, 0.15) is 11.4 Å². The van der Waals surface area contributed by atoms with Crippen molar-refractivity contribution in [2.45, 2.75) is 6.92 Å². The minimum absolute atomic E-state index is 0.0665. The molecular weight excluding hydrogens is 396 g/mol. The summed E-state index contributed by atoms with van der Waals surface area (Å²) in [5, 5.41) is 6.69. The molecule has 3 aromatic rings. The Morgan fingerprint density at radius 3 is 2.45 bits per heavy atom. The Kier molecular flexibility index (Phi) is 6.49. The SMILES string of the molecule is CCOc1ccc2cc(C(=O)Nc3ccc(NC(=O)CN4CCOCC4)cc3)[nH]c2c1. The Balaban J connectivity index is 1.34. The molecule has 0 bridgehead atoms. The summed E-state index contributed by atoms with van der Waals surface area (Å²) in [7, 11) is 0. The average Bonchev–Trinajstić information content (AvgIpc) is 3.20. The molecule has 0 unspecified atom stereocenters. The summed E-state index contributed by atoms with van der Waals surface area (Å²) in [5.41, 5.74) is 2.64. The number of hydrogen-bond donors (Lipinski definition) is 3. The number of nitrogens with one attached hydrogen (secondary N) is 3. The van der Waals surface area contributed by atoms with Crippen molar-refractivity contribution in [1.82, 2.24) is 9.88 Å². The third-order valence-corrected chi connectivity index (χ3v) is 5.05. The average molecular weight is 422 g/mol. The van der Waals surface area contributed by atoms with Crippen LogP contribution >= 0.6 is 0 Å². The van der Waals surface area contributed by atoms with Crippen molar-refractivity contribution in [1.29, 1.82) is 0 Å². The molecule has 3 N–H and O–H groups in total. The van der Waals surface area contributed by atoms with Crippen molar-refractivity contribution < 1.29 is 19.1 Å². The number of H-pyrrole nitrogens is 1. The largest absolute Gasteiger partial charge is 0.494 e. The lowest BCUT2D eigenvalue weighted by Gasteiger charge is -2.25. The molecule has 1 aliphatic rings. The zero-order valence-corrected chi connectivity index (χ0v) is 17.4. The van der Waals surface area contributed by atoms with E-state index in [1.807, 2.05) is 25.1 Å². The van der Waals surface area contributed by atoms with Crippen LogP contribution in [-0.2, 0) is 9.53 Å². The van der Waals surface area contributed by atoms with E-state index in [2.05, 4.69) is 20.5 Å². The van der Waals surface area contributed by atoms with Gasteiger partial charge in [-0.25, -0.2) is 0 Å². The standard InChI is InChI=1S/C23H26N4O4/c1-2-31-19-8-3-16-13-21(26-20(16)14-19)23(29)25-18-6-4-17(5-7-18)24-22(28)15-27-9-11-30-12-10-27/h3-8,13-14,26H,2,9-12,15H2,1H3,(H,24,28)(H,25,29). The second-order valence-electron chi connectivity index (χ2n) is 7.33. The number of hydrogen-bond acceptors (Lipinski definition) is 5. The van der Waals surface area contributed by atoms with Crippen LogP contribution in [0.15, 0.2) is 48.5 Å². The summed E-state index contributed by atoms with van der Waals surface area (Å²) >= 11 is 0. The molecule has 2 amide bonds. The Hall–Kier alpha value is -3.36. The molecule has 2 heterocycles. The second kappa shape index (κ2) is 9.63. The lowest BCUT2D eigenvalue weighted by Crippen LogP contribution is -2.41. The number of aromatic nitrogens is 1. The predicted octanol–water partition coefficient (Wildman–Crippen LogP) is 3.09. The molecule has 31 heavy (non-hydrogen) atoms. The number of aromatic amines is 1. The van der Waals surface area contributed by atoms with E-state index in [-0.39, 0.29) is 11.8 Å². The number of carbonyl (C=O) groups excluding carboxylic acids is 2. The molecule has 162 valence electrons. The number of morpholine rings is 1. The van der Waals surface area contributed by atoms with Crippen molar-refractivity contribution >= 4 is 34.1 Å². The first kappa shape index (κ1) is 20.9. The molecule has 1 saturated heterocycles. The molecule has 0 aliphatic carbocycles. The van der Waals surface area contributed by atoms with Gasteiger partial charge in [-0.05, 0) is 49.4 Å². The number of anilines is 2. The number of ether oxygens (including phenoxy) is 2. The van der Waals surface area contributed by atoms with Crippen LogP contribution in [0.4, 0.5) is 11.4 Å². The summed E-state index contributed by atoms with van der Waals surface area (Å²) in [6, 6.07) is 14.6. The maximum atomic E-state index is 12.6. The van der Waals surface area contributed by atoms with Gasteiger partial charge in [0, 0.05) is 41.4 Å². The first-order valence-electron chi connectivity index (χ1n) is 10.4. The van der Waals surface area contributed by atoms with E-state index in [1.54, 1.807) is 30.3 Å². The molecule has 8 heteroatoms. The molecule has 0 radical (unpaired) electrons. The summed E-state index contributed by atoms with van der Waals surface area (Å²) in [5.74, 6) is 0.455.